The van der Waals surface area contributed by atoms with Gasteiger partial charge in [0.15, 0.2) is 0 Å². The number of nitrogens with zero attached hydrogens (tertiary/aromatic N) is 2. The van der Waals surface area contributed by atoms with Crippen molar-refractivity contribution >= 4 is 35.3 Å². The zero-order valence-corrected chi connectivity index (χ0v) is 23.4. The highest BCUT2D eigenvalue weighted by Gasteiger charge is 2.68. The number of carboxylic acid groups (broad SMARTS) is 1. The van der Waals surface area contributed by atoms with Crippen LogP contribution in [-0.4, -0.2) is 51.3 Å². The van der Waals surface area contributed by atoms with Crippen LogP contribution < -0.4 is 9.64 Å². The van der Waals surface area contributed by atoms with E-state index in [1.54, 1.807) is 42.7 Å². The monoisotopic (exact) mass is 582 g/mol. The van der Waals surface area contributed by atoms with E-state index in [-0.39, 0.29) is 49.3 Å². The van der Waals surface area contributed by atoms with Gasteiger partial charge in [0.2, 0.25) is 23.6 Å². The van der Waals surface area contributed by atoms with Crippen LogP contribution in [0.3, 0.4) is 0 Å². The molecule has 3 heterocycles. The number of hydrogen-bond acceptors (Lipinski definition) is 7. The van der Waals surface area contributed by atoms with E-state index in [1.807, 2.05) is 19.1 Å². The number of benzene rings is 2. The first-order valence-corrected chi connectivity index (χ1v) is 14.5. The van der Waals surface area contributed by atoms with Gasteiger partial charge < -0.3 is 14.9 Å². The summed E-state index contributed by atoms with van der Waals surface area (Å²) in [5, 5.41) is 19.4. The number of hydrogen-bond donors (Lipinski definition) is 2. The maximum atomic E-state index is 14.4. The third kappa shape index (κ3) is 3.88. The van der Waals surface area contributed by atoms with Gasteiger partial charge in [-0.2, -0.15) is 0 Å². The summed E-state index contributed by atoms with van der Waals surface area (Å²) in [6.45, 7) is 1.61. The Balaban J connectivity index is 1.34. The minimum Gasteiger partial charge on any atom is -0.508 e. The van der Waals surface area contributed by atoms with E-state index in [4.69, 9.17) is 4.74 Å². The van der Waals surface area contributed by atoms with Crippen LogP contribution in [0.15, 0.2) is 72.0 Å². The van der Waals surface area contributed by atoms with Crippen molar-refractivity contribution in [1.29, 1.82) is 0 Å². The van der Waals surface area contributed by atoms with Gasteiger partial charge in [0.05, 0.1) is 41.5 Å². The number of para-hydroxylation sites is 1. The second-order valence-electron chi connectivity index (χ2n) is 12.2. The number of phenolic OH excluding ortho intramolecular Hbond substituents is 1. The van der Waals surface area contributed by atoms with Gasteiger partial charge in [-0.3, -0.25) is 28.9 Å². The number of rotatable bonds is 5. The van der Waals surface area contributed by atoms with Crippen LogP contribution in [0.25, 0.3) is 0 Å². The van der Waals surface area contributed by atoms with Crippen LogP contribution in [0.4, 0.5) is 5.69 Å². The number of allylic oxidation sites excluding steroid dienone is 3. The Morgan fingerprint density at radius 1 is 1.02 bits per heavy atom. The first-order chi connectivity index (χ1) is 20.6. The molecule has 0 spiro atoms. The zero-order chi connectivity index (χ0) is 30.2. The highest BCUT2D eigenvalue weighted by atomic mass is 16.5. The summed E-state index contributed by atoms with van der Waals surface area (Å²) >= 11 is 0. The number of phenols is 1. The van der Waals surface area contributed by atoms with Crippen LogP contribution in [-0.2, 0) is 30.4 Å². The minimum atomic E-state index is -1.19. The molecule has 0 unspecified atom stereocenters. The predicted octanol–water partition coefficient (Wildman–Crippen LogP) is 3.45. The number of fused-ring (bicyclic) bond motifs is 5. The summed E-state index contributed by atoms with van der Waals surface area (Å²) in [6.07, 6.45) is 4.07. The normalized spacial score (nSPS) is 31.0. The molecule has 10 nitrogen and oxygen atoms in total. The number of amides is 4. The Labute approximate surface area is 247 Å². The molecule has 220 valence electrons. The largest absolute Gasteiger partial charge is 0.508 e. The minimum absolute atomic E-state index is 0.0767. The van der Waals surface area contributed by atoms with Crippen molar-refractivity contribution in [2.75, 3.05) is 11.4 Å². The second-order valence-corrected chi connectivity index (χ2v) is 12.2. The summed E-state index contributed by atoms with van der Waals surface area (Å²) in [7, 11) is 0. The Hall–Kier alpha value is -4.73. The quantitative estimate of drug-likeness (QED) is 0.404. The van der Waals surface area contributed by atoms with E-state index in [1.165, 1.54) is 11.0 Å². The van der Waals surface area contributed by atoms with E-state index < -0.39 is 46.9 Å². The molecule has 3 aliphatic heterocycles. The van der Waals surface area contributed by atoms with Gasteiger partial charge in [0.1, 0.15) is 11.5 Å². The second kappa shape index (κ2) is 9.65. The van der Waals surface area contributed by atoms with Crippen molar-refractivity contribution in [2.45, 2.75) is 32.6 Å². The molecule has 3 fully saturated rings. The molecule has 2 N–H and O–H groups in total. The van der Waals surface area contributed by atoms with Crippen molar-refractivity contribution in [3.63, 3.8) is 0 Å². The van der Waals surface area contributed by atoms with Gasteiger partial charge in [0.25, 0.3) is 0 Å². The SMILES string of the molecule is C[C@@]12C(=O)N(c3ccccc3)C(=O)[C@@H]1C[C@@H]1C(=CC[C@@H]3C(=O)N(CCC(=O)O)C(=O)[C@@H]31)[C@@H]2C1=COc2ccc(O)cc2C1. The van der Waals surface area contributed by atoms with Crippen LogP contribution >= 0.6 is 0 Å². The van der Waals surface area contributed by atoms with Gasteiger partial charge in [-0.1, -0.05) is 29.8 Å². The Kier molecular flexibility index (Phi) is 6.09. The zero-order valence-electron chi connectivity index (χ0n) is 23.4. The molecule has 7 rings (SSSR count). The van der Waals surface area contributed by atoms with Gasteiger partial charge >= 0.3 is 5.97 Å². The summed E-state index contributed by atoms with van der Waals surface area (Å²) < 4.78 is 5.99. The molecular formula is C33H30N2O8. The number of carbonyl (C=O) groups excluding carboxylic acids is 4. The summed E-state index contributed by atoms with van der Waals surface area (Å²) in [5.74, 6) is -5.19. The first kappa shape index (κ1) is 27.1. The van der Waals surface area contributed by atoms with Crippen molar-refractivity contribution < 1.29 is 38.9 Å². The highest BCUT2D eigenvalue weighted by Crippen LogP contribution is 2.62. The number of likely N-dealkylation sites (tertiary alicyclic amines) is 1. The molecule has 2 aliphatic carbocycles. The molecule has 2 saturated heterocycles. The lowest BCUT2D eigenvalue weighted by molar-refractivity contribution is -0.142. The van der Waals surface area contributed by atoms with Crippen molar-refractivity contribution in [3.8, 4) is 11.5 Å². The topological polar surface area (TPSA) is 142 Å². The van der Waals surface area contributed by atoms with Crippen LogP contribution in [0.5, 0.6) is 11.5 Å². The molecule has 0 aromatic heterocycles. The van der Waals surface area contributed by atoms with E-state index in [9.17, 15) is 34.2 Å². The van der Waals surface area contributed by atoms with E-state index in [2.05, 4.69) is 0 Å². The van der Waals surface area contributed by atoms with Gasteiger partial charge in [-0.05, 0) is 61.6 Å². The Morgan fingerprint density at radius 3 is 2.53 bits per heavy atom. The fraction of sp³-hybridized carbons (Fsp3) is 0.364. The van der Waals surface area contributed by atoms with Gasteiger partial charge in [0, 0.05) is 24.4 Å². The number of aliphatic carboxylic acids is 1. The molecule has 10 heteroatoms. The van der Waals surface area contributed by atoms with E-state index >= 15 is 0 Å². The van der Waals surface area contributed by atoms with Crippen molar-refractivity contribution in [1.82, 2.24) is 4.90 Å². The molecule has 2 aromatic rings. The molecule has 6 atom stereocenters. The average Bonchev–Trinajstić information content (AvgIpc) is 3.35. The van der Waals surface area contributed by atoms with Crippen LogP contribution in [0, 0.1) is 35.0 Å². The fourth-order valence-corrected chi connectivity index (χ4v) is 8.16. The van der Waals surface area contributed by atoms with E-state index in [0.29, 0.717) is 17.9 Å². The maximum Gasteiger partial charge on any atom is 0.305 e. The third-order valence-electron chi connectivity index (χ3n) is 10.1. The lowest BCUT2D eigenvalue weighted by atomic mass is 9.51. The number of aromatic hydroxyl groups is 1. The van der Waals surface area contributed by atoms with Gasteiger partial charge in [-0.15, -0.1) is 0 Å². The van der Waals surface area contributed by atoms with Gasteiger partial charge in [-0.25, -0.2) is 4.90 Å². The third-order valence-corrected chi connectivity index (χ3v) is 10.1. The summed E-state index contributed by atoms with van der Waals surface area (Å²) in [4.78, 5) is 69.2. The van der Waals surface area contributed by atoms with Crippen molar-refractivity contribution in [2.24, 2.45) is 35.0 Å². The first-order valence-electron chi connectivity index (χ1n) is 14.5. The maximum absolute atomic E-state index is 14.4. The predicted molar refractivity (Wildman–Crippen MR) is 151 cm³/mol. The number of imide groups is 2. The number of ether oxygens (including phenoxy) is 1. The molecule has 0 radical (unpaired) electrons. The molecule has 0 bridgehead atoms. The molecule has 43 heavy (non-hydrogen) atoms. The average molecular weight is 583 g/mol. The lowest BCUT2D eigenvalue weighted by Gasteiger charge is -2.49. The lowest BCUT2D eigenvalue weighted by Crippen LogP contribution is -2.51. The molecule has 4 amide bonds. The summed E-state index contributed by atoms with van der Waals surface area (Å²) in [6, 6.07) is 13.6. The molecule has 5 aliphatic rings. The smallest absolute Gasteiger partial charge is 0.305 e. The van der Waals surface area contributed by atoms with Crippen LogP contribution in [0.1, 0.15) is 31.7 Å². The number of carboxylic acids is 1. The summed E-state index contributed by atoms with van der Waals surface area (Å²) in [5.41, 5.74) is 1.59. The number of anilines is 1. The molecule has 1 saturated carbocycles. The number of carbonyl (C=O) groups is 5. The Morgan fingerprint density at radius 2 is 1.79 bits per heavy atom. The standard InChI is InChI=1S/C33H30N2O8/c1-33-24(30(40)35(32(33)42)19-5-3-2-4-6-19)15-23-21(28(33)18-13-17-14-20(36)7-10-25(17)43-16-18)8-9-22-27(23)31(41)34(29(22)39)12-11-26(37)38/h2-8,10,14,16,22-24,27-28,36H,9,11-13,15H2,1H3,(H,37,38)/t22-,23+,24-,27-,28-,33+/m0/s1. The fourth-order valence-electron chi connectivity index (χ4n) is 8.16. The Bertz CT molecular complexity index is 1660. The van der Waals surface area contributed by atoms with E-state index in [0.717, 1.165) is 21.6 Å². The van der Waals surface area contributed by atoms with Crippen LogP contribution in [0.2, 0.25) is 0 Å². The molecule has 2 aromatic carbocycles. The molecular weight excluding hydrogens is 552 g/mol. The highest BCUT2D eigenvalue weighted by molar-refractivity contribution is 6.24. The van der Waals surface area contributed by atoms with Crippen molar-refractivity contribution in [3.05, 3.63) is 77.6 Å².